The lowest BCUT2D eigenvalue weighted by Crippen LogP contribution is -1.89. The van der Waals surface area contributed by atoms with Crippen molar-refractivity contribution >= 4 is 22.6 Å². The molecule has 0 fully saturated rings. The van der Waals surface area contributed by atoms with E-state index in [-0.39, 0.29) is 0 Å². The topological polar surface area (TPSA) is 0 Å². The molecular formula is C13H19I. The zero-order valence-corrected chi connectivity index (χ0v) is 11.0. The van der Waals surface area contributed by atoms with Crippen LogP contribution in [0, 0.1) is 0 Å². The second-order valence-electron chi connectivity index (χ2n) is 3.73. The molecule has 1 aromatic rings. The molecule has 0 amide bonds. The number of unbranched alkanes of at least 4 members (excludes halogenated alkanes) is 3. The van der Waals surface area contributed by atoms with Crippen LogP contribution in [0.15, 0.2) is 30.3 Å². The fourth-order valence-electron chi connectivity index (χ4n) is 1.58. The molecule has 0 bridgehead atoms. The third kappa shape index (κ3) is 4.45. The van der Waals surface area contributed by atoms with Crippen LogP contribution >= 0.6 is 22.6 Å². The first-order valence-electron chi connectivity index (χ1n) is 5.53. The van der Waals surface area contributed by atoms with Crippen LogP contribution in [0.4, 0.5) is 0 Å². The Balaban J connectivity index is 2.25. The highest BCUT2D eigenvalue weighted by atomic mass is 127. The van der Waals surface area contributed by atoms with Crippen LogP contribution in [0.25, 0.3) is 0 Å². The monoisotopic (exact) mass is 302 g/mol. The highest BCUT2D eigenvalue weighted by Gasteiger charge is 2.05. The molecule has 1 aromatic carbocycles. The van der Waals surface area contributed by atoms with E-state index in [4.69, 9.17) is 0 Å². The van der Waals surface area contributed by atoms with Crippen molar-refractivity contribution < 1.29 is 0 Å². The van der Waals surface area contributed by atoms with Crippen molar-refractivity contribution in [1.29, 1.82) is 0 Å². The molecule has 1 unspecified atom stereocenters. The molecule has 0 aliphatic carbocycles. The largest absolute Gasteiger partial charge is 0.0774 e. The summed E-state index contributed by atoms with van der Waals surface area (Å²) in [6, 6.07) is 10.8. The molecular weight excluding hydrogens is 283 g/mol. The van der Waals surface area contributed by atoms with Gasteiger partial charge in [0.1, 0.15) is 0 Å². The minimum Gasteiger partial charge on any atom is -0.0774 e. The van der Waals surface area contributed by atoms with Gasteiger partial charge in [-0.1, -0.05) is 85.5 Å². The van der Waals surface area contributed by atoms with Gasteiger partial charge in [-0.2, -0.15) is 0 Å². The van der Waals surface area contributed by atoms with Crippen LogP contribution in [-0.2, 0) is 0 Å². The molecule has 1 heteroatoms. The maximum atomic E-state index is 2.56. The summed E-state index contributed by atoms with van der Waals surface area (Å²) in [5.41, 5.74) is 1.48. The van der Waals surface area contributed by atoms with E-state index in [0.717, 1.165) is 0 Å². The molecule has 0 aromatic heterocycles. The summed E-state index contributed by atoms with van der Waals surface area (Å²) in [6.45, 7) is 2.26. The van der Waals surface area contributed by atoms with E-state index in [1.54, 1.807) is 0 Å². The molecule has 0 aliphatic rings. The van der Waals surface area contributed by atoms with Crippen molar-refractivity contribution in [3.63, 3.8) is 0 Å². The Morgan fingerprint density at radius 2 is 1.79 bits per heavy atom. The minimum atomic E-state index is 0.700. The molecule has 0 radical (unpaired) electrons. The summed E-state index contributed by atoms with van der Waals surface area (Å²) < 4.78 is 0.700. The molecule has 1 rings (SSSR count). The standard InChI is InChI=1S/C13H19I/c1-2-3-4-8-11-13(14)12-9-6-5-7-10-12/h5-7,9-10,13H,2-4,8,11H2,1H3. The lowest BCUT2D eigenvalue weighted by atomic mass is 10.1. The average Bonchev–Trinajstić information content (AvgIpc) is 2.25. The molecule has 0 spiro atoms. The lowest BCUT2D eigenvalue weighted by Gasteiger charge is -2.09. The Hall–Kier alpha value is -0.0500. The predicted molar refractivity (Wildman–Crippen MR) is 72.0 cm³/mol. The Morgan fingerprint density at radius 3 is 2.43 bits per heavy atom. The van der Waals surface area contributed by atoms with Crippen molar-refractivity contribution in [3.8, 4) is 0 Å². The third-order valence-electron chi connectivity index (χ3n) is 2.47. The van der Waals surface area contributed by atoms with E-state index in [1.807, 2.05) is 0 Å². The Bertz CT molecular complexity index is 230. The number of halogens is 1. The zero-order chi connectivity index (χ0) is 10.2. The van der Waals surface area contributed by atoms with Gasteiger partial charge in [-0.15, -0.1) is 0 Å². The second kappa shape index (κ2) is 7.27. The maximum Gasteiger partial charge on any atom is 0.0359 e. The van der Waals surface area contributed by atoms with E-state index in [1.165, 1.54) is 37.7 Å². The molecule has 1 atom stereocenters. The normalized spacial score (nSPS) is 12.7. The van der Waals surface area contributed by atoms with E-state index < -0.39 is 0 Å². The summed E-state index contributed by atoms with van der Waals surface area (Å²) >= 11 is 2.56. The number of rotatable bonds is 6. The number of hydrogen-bond donors (Lipinski definition) is 0. The first-order valence-corrected chi connectivity index (χ1v) is 6.78. The summed E-state index contributed by atoms with van der Waals surface area (Å²) in [5.74, 6) is 0. The van der Waals surface area contributed by atoms with E-state index in [0.29, 0.717) is 3.92 Å². The first kappa shape index (κ1) is 12.0. The SMILES string of the molecule is CCCCCCC(I)c1ccccc1. The molecule has 0 N–H and O–H groups in total. The zero-order valence-electron chi connectivity index (χ0n) is 8.88. The molecule has 0 saturated heterocycles. The van der Waals surface area contributed by atoms with Gasteiger partial charge < -0.3 is 0 Å². The van der Waals surface area contributed by atoms with Gasteiger partial charge in [0, 0.05) is 3.92 Å². The molecule has 14 heavy (non-hydrogen) atoms. The van der Waals surface area contributed by atoms with Crippen molar-refractivity contribution in [2.75, 3.05) is 0 Å². The van der Waals surface area contributed by atoms with Crippen LogP contribution in [-0.4, -0.2) is 0 Å². The average molecular weight is 302 g/mol. The fraction of sp³-hybridized carbons (Fsp3) is 0.538. The van der Waals surface area contributed by atoms with Crippen LogP contribution in [0.1, 0.15) is 48.5 Å². The minimum absolute atomic E-state index is 0.700. The number of alkyl halides is 1. The van der Waals surface area contributed by atoms with E-state index >= 15 is 0 Å². The van der Waals surface area contributed by atoms with E-state index in [9.17, 15) is 0 Å². The summed E-state index contributed by atoms with van der Waals surface area (Å²) in [4.78, 5) is 0. The van der Waals surface area contributed by atoms with Gasteiger partial charge in [0.2, 0.25) is 0 Å². The van der Waals surface area contributed by atoms with Gasteiger partial charge in [0.15, 0.2) is 0 Å². The van der Waals surface area contributed by atoms with Gasteiger partial charge in [-0.3, -0.25) is 0 Å². The molecule has 0 nitrogen and oxygen atoms in total. The molecule has 0 heterocycles. The van der Waals surface area contributed by atoms with Crippen molar-refractivity contribution in [2.24, 2.45) is 0 Å². The van der Waals surface area contributed by atoms with Crippen LogP contribution in [0.5, 0.6) is 0 Å². The van der Waals surface area contributed by atoms with Crippen LogP contribution < -0.4 is 0 Å². The highest BCUT2D eigenvalue weighted by Crippen LogP contribution is 2.28. The Labute approximate surface area is 101 Å². The molecule has 0 saturated carbocycles. The van der Waals surface area contributed by atoms with Gasteiger partial charge in [-0.05, 0) is 12.0 Å². The number of hydrogen-bond acceptors (Lipinski definition) is 0. The summed E-state index contributed by atoms with van der Waals surface area (Å²) in [7, 11) is 0. The molecule has 0 aliphatic heterocycles. The first-order chi connectivity index (χ1) is 6.84. The second-order valence-corrected chi connectivity index (χ2v) is 5.23. The molecule has 78 valence electrons. The number of benzene rings is 1. The Morgan fingerprint density at radius 1 is 1.07 bits per heavy atom. The Kier molecular flexibility index (Phi) is 6.24. The van der Waals surface area contributed by atoms with Gasteiger partial charge in [-0.25, -0.2) is 0 Å². The van der Waals surface area contributed by atoms with E-state index in [2.05, 4.69) is 59.8 Å². The summed E-state index contributed by atoms with van der Waals surface area (Å²) in [6.07, 6.45) is 6.80. The smallest absolute Gasteiger partial charge is 0.0359 e. The van der Waals surface area contributed by atoms with Crippen molar-refractivity contribution in [1.82, 2.24) is 0 Å². The quantitative estimate of drug-likeness (QED) is 0.388. The van der Waals surface area contributed by atoms with Crippen molar-refractivity contribution in [3.05, 3.63) is 35.9 Å². The lowest BCUT2D eigenvalue weighted by molar-refractivity contribution is 0.634. The van der Waals surface area contributed by atoms with Crippen molar-refractivity contribution in [2.45, 2.75) is 43.0 Å². The summed E-state index contributed by atoms with van der Waals surface area (Å²) in [5, 5.41) is 0. The predicted octanol–water partition coefficient (Wildman–Crippen LogP) is 5.13. The van der Waals surface area contributed by atoms with Gasteiger partial charge in [0.05, 0.1) is 0 Å². The van der Waals surface area contributed by atoms with Crippen LogP contribution in [0.2, 0.25) is 0 Å². The van der Waals surface area contributed by atoms with Crippen LogP contribution in [0.3, 0.4) is 0 Å². The van der Waals surface area contributed by atoms with Gasteiger partial charge in [0.25, 0.3) is 0 Å². The maximum absolute atomic E-state index is 2.56. The highest BCUT2D eigenvalue weighted by molar-refractivity contribution is 14.1. The van der Waals surface area contributed by atoms with Gasteiger partial charge >= 0.3 is 0 Å². The fourth-order valence-corrected chi connectivity index (χ4v) is 2.43. The third-order valence-corrected chi connectivity index (χ3v) is 3.81.